The molecule has 0 bridgehead atoms. The van der Waals surface area contributed by atoms with Crippen LogP contribution < -0.4 is 10.1 Å². The van der Waals surface area contributed by atoms with Crippen molar-refractivity contribution >= 4 is 5.91 Å². The van der Waals surface area contributed by atoms with E-state index in [9.17, 15) is 14.3 Å². The zero-order valence-electron chi connectivity index (χ0n) is 11.6. The van der Waals surface area contributed by atoms with Gasteiger partial charge in [-0.1, -0.05) is 12.1 Å². The molecule has 21 heavy (non-hydrogen) atoms. The number of benzene rings is 2. The zero-order chi connectivity index (χ0) is 15.2. The lowest BCUT2D eigenvalue weighted by molar-refractivity contribution is 0.0944. The molecule has 0 radical (unpaired) electrons. The van der Waals surface area contributed by atoms with Crippen LogP contribution in [0.25, 0.3) is 0 Å². The number of carbonyl (C=O) groups excluding carboxylic acids is 1. The third-order valence-corrected chi connectivity index (χ3v) is 2.85. The monoisotopic (exact) mass is 289 g/mol. The molecule has 0 atom stereocenters. The average molecular weight is 289 g/mol. The van der Waals surface area contributed by atoms with E-state index in [0.717, 1.165) is 23.4 Å². The molecule has 0 saturated heterocycles. The van der Waals surface area contributed by atoms with E-state index in [0.29, 0.717) is 6.61 Å². The molecule has 2 aromatic carbocycles. The molecule has 0 aliphatic carbocycles. The van der Waals surface area contributed by atoms with E-state index in [1.165, 1.54) is 6.07 Å². The Balaban J connectivity index is 1.82. The highest BCUT2D eigenvalue weighted by atomic mass is 19.1. The normalized spacial score (nSPS) is 10.2. The molecule has 1 amide bonds. The lowest BCUT2D eigenvalue weighted by Gasteiger charge is -2.09. The number of phenolic OH excluding ortho intramolecular Hbond substituents is 1. The van der Waals surface area contributed by atoms with Crippen LogP contribution in [-0.2, 0) is 0 Å². The smallest absolute Gasteiger partial charge is 0.255 e. The highest BCUT2D eigenvalue weighted by Gasteiger charge is 2.11. The van der Waals surface area contributed by atoms with Crippen molar-refractivity contribution in [3.05, 3.63) is 59.4 Å². The van der Waals surface area contributed by atoms with E-state index in [1.807, 2.05) is 31.2 Å². The quantitative estimate of drug-likeness (QED) is 0.832. The first-order chi connectivity index (χ1) is 10.1. The summed E-state index contributed by atoms with van der Waals surface area (Å²) in [7, 11) is 0. The molecule has 4 nitrogen and oxygen atoms in total. The maximum absolute atomic E-state index is 12.8. The Morgan fingerprint density at radius 2 is 2.10 bits per heavy atom. The van der Waals surface area contributed by atoms with Crippen molar-refractivity contribution in [1.29, 1.82) is 0 Å². The molecule has 2 rings (SSSR count). The van der Waals surface area contributed by atoms with E-state index in [4.69, 9.17) is 4.74 Å². The number of rotatable bonds is 5. The van der Waals surface area contributed by atoms with Crippen molar-refractivity contribution in [2.24, 2.45) is 0 Å². The fourth-order valence-corrected chi connectivity index (χ4v) is 1.83. The van der Waals surface area contributed by atoms with Crippen molar-refractivity contribution in [2.75, 3.05) is 13.2 Å². The number of nitrogens with one attached hydrogen (secondary N) is 1. The molecule has 0 saturated carbocycles. The number of hydrogen-bond acceptors (Lipinski definition) is 3. The second-order valence-electron chi connectivity index (χ2n) is 4.58. The number of phenols is 1. The van der Waals surface area contributed by atoms with Gasteiger partial charge in [0, 0.05) is 6.07 Å². The third kappa shape index (κ3) is 4.21. The molecule has 5 heteroatoms. The summed E-state index contributed by atoms with van der Waals surface area (Å²) in [5, 5.41) is 12.1. The molecule has 0 spiro atoms. The molecular formula is C16H16FNO3. The van der Waals surface area contributed by atoms with Crippen LogP contribution in [0.15, 0.2) is 42.5 Å². The van der Waals surface area contributed by atoms with Gasteiger partial charge in [0.1, 0.15) is 23.9 Å². The van der Waals surface area contributed by atoms with Gasteiger partial charge in [-0.05, 0) is 36.8 Å². The van der Waals surface area contributed by atoms with E-state index < -0.39 is 11.7 Å². The zero-order valence-corrected chi connectivity index (χ0v) is 11.6. The Hall–Kier alpha value is -2.56. The first-order valence-electron chi connectivity index (χ1n) is 6.52. The molecule has 0 unspecified atom stereocenters. The molecular weight excluding hydrogens is 273 g/mol. The Kier molecular flexibility index (Phi) is 4.77. The van der Waals surface area contributed by atoms with Gasteiger partial charge in [0.25, 0.3) is 5.91 Å². The third-order valence-electron chi connectivity index (χ3n) is 2.85. The van der Waals surface area contributed by atoms with Crippen LogP contribution >= 0.6 is 0 Å². The van der Waals surface area contributed by atoms with Gasteiger partial charge in [0.15, 0.2) is 0 Å². The average Bonchev–Trinajstić information content (AvgIpc) is 2.43. The predicted octanol–water partition coefficient (Wildman–Crippen LogP) is 2.65. The number of aryl methyl sites for hydroxylation is 1. The summed E-state index contributed by atoms with van der Waals surface area (Å²) in [6, 6.07) is 10.8. The first kappa shape index (κ1) is 14.8. The van der Waals surface area contributed by atoms with E-state index >= 15 is 0 Å². The van der Waals surface area contributed by atoms with Crippen molar-refractivity contribution in [3.63, 3.8) is 0 Å². The van der Waals surface area contributed by atoms with Gasteiger partial charge in [-0.25, -0.2) is 4.39 Å². The van der Waals surface area contributed by atoms with Crippen LogP contribution in [0.1, 0.15) is 15.9 Å². The summed E-state index contributed by atoms with van der Waals surface area (Å²) in [5.41, 5.74) is 1.12. The second kappa shape index (κ2) is 6.74. The molecule has 2 aromatic rings. The molecule has 0 aliphatic heterocycles. The molecule has 0 aromatic heterocycles. The summed E-state index contributed by atoms with van der Waals surface area (Å²) >= 11 is 0. The van der Waals surface area contributed by atoms with Crippen molar-refractivity contribution in [3.8, 4) is 11.5 Å². The van der Waals surface area contributed by atoms with Crippen LogP contribution in [-0.4, -0.2) is 24.2 Å². The molecule has 0 aliphatic rings. The van der Waals surface area contributed by atoms with Crippen molar-refractivity contribution in [2.45, 2.75) is 6.92 Å². The van der Waals surface area contributed by atoms with Crippen molar-refractivity contribution in [1.82, 2.24) is 5.32 Å². The number of hydrogen-bond donors (Lipinski definition) is 2. The van der Waals surface area contributed by atoms with Gasteiger partial charge < -0.3 is 15.2 Å². The van der Waals surface area contributed by atoms with Crippen LogP contribution in [0.4, 0.5) is 4.39 Å². The second-order valence-corrected chi connectivity index (χ2v) is 4.58. The number of aromatic hydroxyl groups is 1. The Labute approximate surface area is 122 Å². The van der Waals surface area contributed by atoms with Gasteiger partial charge in [-0.15, -0.1) is 0 Å². The van der Waals surface area contributed by atoms with Crippen molar-refractivity contribution < 1.29 is 19.0 Å². The lowest BCUT2D eigenvalue weighted by Crippen LogP contribution is -2.28. The Morgan fingerprint density at radius 3 is 2.81 bits per heavy atom. The molecule has 110 valence electrons. The minimum Gasteiger partial charge on any atom is -0.507 e. The van der Waals surface area contributed by atoms with Crippen LogP contribution in [0.5, 0.6) is 11.5 Å². The summed E-state index contributed by atoms with van der Waals surface area (Å²) in [6.07, 6.45) is 0. The minimum absolute atomic E-state index is 0.0342. The van der Waals surface area contributed by atoms with Gasteiger partial charge in [0.2, 0.25) is 0 Å². The number of ether oxygens (including phenoxy) is 1. The van der Waals surface area contributed by atoms with Gasteiger partial charge in [-0.3, -0.25) is 4.79 Å². The van der Waals surface area contributed by atoms with Gasteiger partial charge in [-0.2, -0.15) is 0 Å². The largest absolute Gasteiger partial charge is 0.507 e. The summed E-state index contributed by atoms with van der Waals surface area (Å²) in [5.74, 6) is -0.715. The fourth-order valence-electron chi connectivity index (χ4n) is 1.83. The predicted molar refractivity (Wildman–Crippen MR) is 77.1 cm³/mol. The van der Waals surface area contributed by atoms with Crippen LogP contribution in [0.2, 0.25) is 0 Å². The fraction of sp³-hybridized carbons (Fsp3) is 0.188. The highest BCUT2D eigenvalue weighted by Crippen LogP contribution is 2.17. The van der Waals surface area contributed by atoms with Crippen LogP contribution in [0.3, 0.4) is 0 Å². The first-order valence-corrected chi connectivity index (χ1v) is 6.52. The standard InChI is InChI=1S/C16H16FNO3/c1-11-3-2-4-13(9-11)21-8-7-18-16(20)14-6-5-12(17)10-15(14)19/h2-6,9-10,19H,7-8H2,1H3,(H,18,20). The van der Waals surface area contributed by atoms with E-state index in [2.05, 4.69) is 5.32 Å². The Bertz CT molecular complexity index is 643. The minimum atomic E-state index is -0.591. The molecule has 0 heterocycles. The number of amides is 1. The van der Waals surface area contributed by atoms with E-state index in [1.54, 1.807) is 0 Å². The van der Waals surface area contributed by atoms with Gasteiger partial charge in [0.05, 0.1) is 12.1 Å². The maximum atomic E-state index is 12.8. The Morgan fingerprint density at radius 1 is 1.29 bits per heavy atom. The van der Waals surface area contributed by atoms with E-state index in [-0.39, 0.29) is 17.9 Å². The van der Waals surface area contributed by atoms with Crippen LogP contribution in [0, 0.1) is 12.7 Å². The maximum Gasteiger partial charge on any atom is 0.255 e. The number of halogens is 1. The molecule has 2 N–H and O–H groups in total. The lowest BCUT2D eigenvalue weighted by atomic mass is 10.2. The summed E-state index contributed by atoms with van der Waals surface area (Å²) < 4.78 is 18.3. The van der Waals surface area contributed by atoms with Gasteiger partial charge >= 0.3 is 0 Å². The molecule has 0 fully saturated rings. The topological polar surface area (TPSA) is 58.6 Å². The summed E-state index contributed by atoms with van der Waals surface area (Å²) in [6.45, 7) is 2.55. The number of carbonyl (C=O) groups is 1. The highest BCUT2D eigenvalue weighted by molar-refractivity contribution is 5.96. The summed E-state index contributed by atoms with van der Waals surface area (Å²) in [4.78, 5) is 11.8. The SMILES string of the molecule is Cc1cccc(OCCNC(=O)c2ccc(F)cc2O)c1.